The highest BCUT2D eigenvalue weighted by atomic mass is 32.2. The monoisotopic (exact) mass is 684 g/mol. The fourth-order valence-corrected chi connectivity index (χ4v) is 10.7. The molecule has 2 atom stereocenters. The van der Waals surface area contributed by atoms with Crippen LogP contribution in [0.15, 0.2) is 151 Å². The Bertz CT molecular complexity index is 2770. The van der Waals surface area contributed by atoms with Gasteiger partial charge in [0.15, 0.2) is 0 Å². The second-order valence-electron chi connectivity index (χ2n) is 15.2. The van der Waals surface area contributed by atoms with E-state index in [9.17, 15) is 0 Å². The molecule has 0 radical (unpaired) electrons. The zero-order chi connectivity index (χ0) is 34.6. The first-order chi connectivity index (χ1) is 25.5. The predicted molar refractivity (Wildman–Crippen MR) is 219 cm³/mol. The fraction of sp³-hybridized carbons (Fsp3) is 0.143. The van der Waals surface area contributed by atoms with Gasteiger partial charge in [0.1, 0.15) is 0 Å². The van der Waals surface area contributed by atoms with E-state index in [1.165, 1.54) is 72.2 Å². The summed E-state index contributed by atoms with van der Waals surface area (Å²) in [6, 6.07) is 49.3. The van der Waals surface area contributed by atoms with Crippen molar-refractivity contribution in [3.63, 3.8) is 0 Å². The maximum Gasteiger partial charge on any atom is 0.0979 e. The molecule has 2 heterocycles. The number of fused-ring (bicyclic) bond motifs is 12. The van der Waals surface area contributed by atoms with Gasteiger partial charge in [-0.15, -0.1) is 11.8 Å². The lowest BCUT2D eigenvalue weighted by atomic mass is 9.81. The second kappa shape index (κ2) is 11.2. The van der Waals surface area contributed by atoms with Gasteiger partial charge in [0.2, 0.25) is 0 Å². The summed E-state index contributed by atoms with van der Waals surface area (Å²) in [7, 11) is 0. The third kappa shape index (κ3) is 4.45. The molecular formula is C49H36N2S. The van der Waals surface area contributed by atoms with E-state index in [1.807, 2.05) is 6.20 Å². The third-order valence-corrected chi connectivity index (χ3v) is 13.5. The van der Waals surface area contributed by atoms with Crippen molar-refractivity contribution in [3.8, 4) is 33.5 Å². The smallest absolute Gasteiger partial charge is 0.0979 e. The van der Waals surface area contributed by atoms with E-state index in [4.69, 9.17) is 9.97 Å². The molecular weight excluding hydrogens is 649 g/mol. The van der Waals surface area contributed by atoms with Crippen molar-refractivity contribution in [2.24, 2.45) is 0 Å². The van der Waals surface area contributed by atoms with Crippen molar-refractivity contribution in [3.05, 3.63) is 168 Å². The summed E-state index contributed by atoms with van der Waals surface area (Å²) in [5.74, 6) is 0.527. The Labute approximate surface area is 308 Å². The largest absolute Gasteiger partial charge is 0.252 e. The summed E-state index contributed by atoms with van der Waals surface area (Å²) in [4.78, 5) is 11.8. The molecule has 2 aliphatic carbocycles. The minimum absolute atomic E-state index is 0.150. The average molecular weight is 685 g/mol. The molecule has 0 amide bonds. The predicted octanol–water partition coefficient (Wildman–Crippen LogP) is 13.0. The molecule has 2 unspecified atom stereocenters. The molecule has 0 fully saturated rings. The molecule has 3 aliphatic rings. The number of allylic oxidation sites excluding steroid dienone is 2. The van der Waals surface area contributed by atoms with Gasteiger partial charge in [-0.05, 0) is 91.9 Å². The van der Waals surface area contributed by atoms with E-state index in [1.54, 1.807) is 0 Å². The first kappa shape index (κ1) is 30.1. The number of nitrogens with zero attached hydrogens (tertiary/aromatic N) is 2. The summed E-state index contributed by atoms with van der Waals surface area (Å²) in [6.07, 6.45) is 6.89. The molecule has 0 saturated heterocycles. The van der Waals surface area contributed by atoms with Gasteiger partial charge < -0.3 is 0 Å². The van der Waals surface area contributed by atoms with Crippen molar-refractivity contribution < 1.29 is 0 Å². The van der Waals surface area contributed by atoms with Crippen molar-refractivity contribution in [2.75, 3.05) is 0 Å². The summed E-state index contributed by atoms with van der Waals surface area (Å²) < 4.78 is 0. The molecule has 0 N–H and O–H groups in total. The molecule has 0 saturated carbocycles. The Balaban J connectivity index is 0.923. The number of rotatable bonds is 3. The minimum Gasteiger partial charge on any atom is -0.252 e. The van der Waals surface area contributed by atoms with Crippen LogP contribution in [-0.4, -0.2) is 15.2 Å². The lowest BCUT2D eigenvalue weighted by Crippen LogP contribution is -2.15. The third-order valence-electron chi connectivity index (χ3n) is 12.0. The zero-order valence-electron chi connectivity index (χ0n) is 29.2. The Hall–Kier alpha value is -5.51. The van der Waals surface area contributed by atoms with Crippen molar-refractivity contribution >= 4 is 49.9 Å². The molecule has 52 heavy (non-hydrogen) atoms. The van der Waals surface area contributed by atoms with Crippen LogP contribution in [0.1, 0.15) is 54.9 Å². The highest BCUT2D eigenvalue weighted by Crippen LogP contribution is 2.53. The molecule has 1 aliphatic heterocycles. The van der Waals surface area contributed by atoms with E-state index in [0.29, 0.717) is 11.2 Å². The van der Waals surface area contributed by atoms with Crippen molar-refractivity contribution in [2.45, 2.75) is 48.2 Å². The second-order valence-corrected chi connectivity index (χ2v) is 16.5. The minimum atomic E-state index is -0.150. The van der Waals surface area contributed by atoms with Crippen LogP contribution in [-0.2, 0) is 5.41 Å². The number of hydrogen-bond acceptors (Lipinski definition) is 3. The number of thioether (sulfide) groups is 1. The van der Waals surface area contributed by atoms with Crippen LogP contribution in [0.25, 0.3) is 71.7 Å². The van der Waals surface area contributed by atoms with Gasteiger partial charge in [0.05, 0.1) is 22.9 Å². The average Bonchev–Trinajstić information content (AvgIpc) is 3.68. The zero-order valence-corrected chi connectivity index (χ0v) is 30.0. The maximum absolute atomic E-state index is 5.30. The van der Waals surface area contributed by atoms with Gasteiger partial charge in [-0.1, -0.05) is 135 Å². The van der Waals surface area contributed by atoms with Crippen LogP contribution in [0.3, 0.4) is 0 Å². The normalized spacial score (nSPS) is 18.2. The quantitative estimate of drug-likeness (QED) is 0.173. The number of benzene rings is 7. The molecule has 1 aromatic heterocycles. The molecule has 8 aromatic rings. The first-order valence-electron chi connectivity index (χ1n) is 18.4. The van der Waals surface area contributed by atoms with Crippen LogP contribution in [0.5, 0.6) is 0 Å². The van der Waals surface area contributed by atoms with Crippen LogP contribution in [0, 0.1) is 0 Å². The highest BCUT2D eigenvalue weighted by molar-refractivity contribution is 8.00. The van der Waals surface area contributed by atoms with Crippen LogP contribution in [0.2, 0.25) is 0 Å². The van der Waals surface area contributed by atoms with Gasteiger partial charge in [0, 0.05) is 37.8 Å². The van der Waals surface area contributed by atoms with Gasteiger partial charge in [-0.3, -0.25) is 4.98 Å². The molecule has 0 spiro atoms. The van der Waals surface area contributed by atoms with Gasteiger partial charge in [0.25, 0.3) is 0 Å². The van der Waals surface area contributed by atoms with Crippen LogP contribution >= 0.6 is 11.8 Å². The Morgan fingerprint density at radius 1 is 0.596 bits per heavy atom. The molecule has 11 rings (SSSR count). The van der Waals surface area contributed by atoms with E-state index in [-0.39, 0.29) is 5.41 Å². The van der Waals surface area contributed by atoms with Gasteiger partial charge in [-0.25, -0.2) is 4.98 Å². The Kier molecular flexibility index (Phi) is 6.52. The maximum atomic E-state index is 5.30. The number of hydrogen-bond donors (Lipinski definition) is 0. The van der Waals surface area contributed by atoms with Gasteiger partial charge in [-0.2, -0.15) is 0 Å². The fourth-order valence-electron chi connectivity index (χ4n) is 9.29. The van der Waals surface area contributed by atoms with Crippen molar-refractivity contribution in [1.29, 1.82) is 0 Å². The lowest BCUT2D eigenvalue weighted by Gasteiger charge is -2.24. The summed E-state index contributed by atoms with van der Waals surface area (Å²) >= 11 is 2.07. The van der Waals surface area contributed by atoms with E-state index in [0.717, 1.165) is 39.5 Å². The number of aromatic nitrogens is 2. The molecule has 248 valence electrons. The van der Waals surface area contributed by atoms with Crippen LogP contribution < -0.4 is 0 Å². The molecule has 0 bridgehead atoms. The first-order valence-corrected chi connectivity index (χ1v) is 19.3. The van der Waals surface area contributed by atoms with Gasteiger partial charge >= 0.3 is 0 Å². The molecule has 2 nitrogen and oxygen atoms in total. The summed E-state index contributed by atoms with van der Waals surface area (Å²) in [5.41, 5.74) is 16.0. The standard InChI is InChI=1S/C49H36N2S/c1-49(2)42-26-32(30-17-15-29(16-18-30)31-21-24-46-41(25-31)38-11-7-8-14-45(38)52-46)19-22-36(42)37-23-20-33(27-43(37)49)44-28-50-47-39-12-5-3-9-34(39)35-10-4-6-13-40(35)48(47)51-44/h3-20,22-23,25-28,41,46H,21,24H2,1-2H3. The summed E-state index contributed by atoms with van der Waals surface area (Å²) in [5, 5.41) is 5.39. The topological polar surface area (TPSA) is 25.8 Å². The van der Waals surface area contributed by atoms with E-state index in [2.05, 4.69) is 165 Å². The highest BCUT2D eigenvalue weighted by Gasteiger charge is 2.37. The molecule has 3 heteroatoms. The lowest BCUT2D eigenvalue weighted by molar-refractivity contribution is 0.661. The van der Waals surface area contributed by atoms with E-state index >= 15 is 0 Å². The Morgan fingerprint density at radius 3 is 1.94 bits per heavy atom. The SMILES string of the molecule is CC1(C)c2cc(-c3ccc(C4=CC5c6ccccc6SC5CC4)cc3)ccc2-c2ccc(-c3cnc4c5ccccc5c5ccccc5c4n3)cc21. The van der Waals surface area contributed by atoms with E-state index < -0.39 is 0 Å². The Morgan fingerprint density at radius 2 is 1.19 bits per heavy atom. The van der Waals surface area contributed by atoms with Crippen molar-refractivity contribution in [1.82, 2.24) is 9.97 Å². The summed E-state index contributed by atoms with van der Waals surface area (Å²) in [6.45, 7) is 4.73. The van der Waals surface area contributed by atoms with Crippen LogP contribution in [0.4, 0.5) is 0 Å². The molecule has 7 aromatic carbocycles.